The summed E-state index contributed by atoms with van der Waals surface area (Å²) in [6, 6.07) is 15.2. The largest absolute Gasteiger partial charge is 0.321 e. The van der Waals surface area contributed by atoms with Crippen molar-refractivity contribution >= 4 is 44.1 Å². The maximum Gasteiger partial charge on any atom is 0.255 e. The number of carbonyl (C=O) groups excluding carboxylic acids is 1. The average Bonchev–Trinajstić information content (AvgIpc) is 3.02. The molecule has 4 aromatic rings. The fourth-order valence-electron chi connectivity index (χ4n) is 2.56. The number of benzene rings is 2. The number of hydrogen-bond acceptors (Lipinski definition) is 4. The van der Waals surface area contributed by atoms with Gasteiger partial charge in [0.25, 0.3) is 5.91 Å². The minimum atomic E-state index is -0.131. The van der Waals surface area contributed by atoms with Crippen LogP contribution < -0.4 is 5.32 Å². The Bertz CT molecular complexity index is 1040. The standard InChI is InChI=1S/C18H13N3OS/c1-11-5-7-13-14(20-11)3-2-4-15(13)21-18(22)12-6-8-16-17(9-12)23-10-19-16/h2-10H,1H3,(H,21,22). The molecule has 1 N–H and O–H groups in total. The zero-order chi connectivity index (χ0) is 15.8. The second-order valence-electron chi connectivity index (χ2n) is 5.31. The van der Waals surface area contributed by atoms with Gasteiger partial charge in [-0.3, -0.25) is 9.78 Å². The zero-order valence-corrected chi connectivity index (χ0v) is 13.2. The Hall–Kier alpha value is -2.79. The maximum absolute atomic E-state index is 12.5. The van der Waals surface area contributed by atoms with Crippen LogP contribution in [-0.4, -0.2) is 15.9 Å². The fourth-order valence-corrected chi connectivity index (χ4v) is 3.27. The summed E-state index contributed by atoms with van der Waals surface area (Å²) in [5, 5.41) is 3.92. The molecule has 0 bridgehead atoms. The predicted molar refractivity (Wildman–Crippen MR) is 94.1 cm³/mol. The van der Waals surface area contributed by atoms with Gasteiger partial charge in [-0.05, 0) is 49.4 Å². The van der Waals surface area contributed by atoms with Crippen molar-refractivity contribution in [3.05, 3.63) is 65.3 Å². The third-order valence-corrected chi connectivity index (χ3v) is 4.50. The van der Waals surface area contributed by atoms with Crippen LogP contribution >= 0.6 is 11.3 Å². The van der Waals surface area contributed by atoms with Crippen molar-refractivity contribution in [3.8, 4) is 0 Å². The van der Waals surface area contributed by atoms with E-state index in [1.54, 1.807) is 11.6 Å². The number of carbonyl (C=O) groups is 1. The van der Waals surface area contributed by atoms with E-state index in [1.165, 1.54) is 11.3 Å². The van der Waals surface area contributed by atoms with Crippen molar-refractivity contribution in [2.75, 3.05) is 5.32 Å². The molecule has 0 aliphatic carbocycles. The number of nitrogens with one attached hydrogen (secondary N) is 1. The highest BCUT2D eigenvalue weighted by Gasteiger charge is 2.10. The monoisotopic (exact) mass is 319 g/mol. The summed E-state index contributed by atoms with van der Waals surface area (Å²) in [4.78, 5) is 21.3. The van der Waals surface area contributed by atoms with Gasteiger partial charge < -0.3 is 5.32 Å². The third kappa shape index (κ3) is 2.55. The number of anilines is 1. The number of nitrogens with zero attached hydrogens (tertiary/aromatic N) is 2. The summed E-state index contributed by atoms with van der Waals surface area (Å²) in [6.07, 6.45) is 0. The van der Waals surface area contributed by atoms with Gasteiger partial charge in [0.2, 0.25) is 0 Å². The van der Waals surface area contributed by atoms with Gasteiger partial charge in [0.1, 0.15) is 0 Å². The molecule has 0 radical (unpaired) electrons. The molecule has 0 fully saturated rings. The minimum absolute atomic E-state index is 0.131. The summed E-state index contributed by atoms with van der Waals surface area (Å²) >= 11 is 1.53. The van der Waals surface area contributed by atoms with Gasteiger partial charge in [0, 0.05) is 16.6 Å². The SMILES string of the molecule is Cc1ccc2c(NC(=O)c3ccc4ncsc4c3)cccc2n1. The molecule has 112 valence electrons. The van der Waals surface area contributed by atoms with E-state index >= 15 is 0 Å². The Morgan fingerprint density at radius 1 is 1.09 bits per heavy atom. The van der Waals surface area contributed by atoms with Crippen molar-refractivity contribution in [1.29, 1.82) is 0 Å². The van der Waals surface area contributed by atoms with Gasteiger partial charge in [0.15, 0.2) is 0 Å². The van der Waals surface area contributed by atoms with E-state index in [9.17, 15) is 4.79 Å². The Morgan fingerprint density at radius 2 is 2.00 bits per heavy atom. The number of pyridine rings is 1. The highest BCUT2D eigenvalue weighted by atomic mass is 32.1. The van der Waals surface area contributed by atoms with Crippen LogP contribution in [0.1, 0.15) is 16.1 Å². The summed E-state index contributed by atoms with van der Waals surface area (Å²) in [5.41, 5.74) is 5.92. The van der Waals surface area contributed by atoms with Crippen LogP contribution in [0.3, 0.4) is 0 Å². The number of amides is 1. The van der Waals surface area contributed by atoms with Crippen molar-refractivity contribution < 1.29 is 4.79 Å². The highest BCUT2D eigenvalue weighted by Crippen LogP contribution is 2.24. The number of thiazole rings is 1. The lowest BCUT2D eigenvalue weighted by molar-refractivity contribution is 0.102. The first-order valence-corrected chi connectivity index (χ1v) is 8.10. The summed E-state index contributed by atoms with van der Waals surface area (Å²) in [7, 11) is 0. The van der Waals surface area contributed by atoms with Gasteiger partial charge in [-0.25, -0.2) is 4.98 Å². The fraction of sp³-hybridized carbons (Fsp3) is 0.0556. The quantitative estimate of drug-likeness (QED) is 0.595. The van der Waals surface area contributed by atoms with E-state index in [1.807, 2.05) is 49.4 Å². The highest BCUT2D eigenvalue weighted by molar-refractivity contribution is 7.16. The molecule has 0 atom stereocenters. The lowest BCUT2D eigenvalue weighted by Gasteiger charge is -2.09. The van der Waals surface area contributed by atoms with Crippen molar-refractivity contribution in [2.24, 2.45) is 0 Å². The average molecular weight is 319 g/mol. The smallest absolute Gasteiger partial charge is 0.255 e. The van der Waals surface area contributed by atoms with Crippen LogP contribution in [0.5, 0.6) is 0 Å². The Kier molecular flexibility index (Phi) is 3.28. The molecule has 0 spiro atoms. The topological polar surface area (TPSA) is 54.9 Å². The van der Waals surface area contributed by atoms with Gasteiger partial charge in [-0.15, -0.1) is 11.3 Å². The van der Waals surface area contributed by atoms with Crippen LogP contribution in [0, 0.1) is 6.92 Å². The number of aromatic nitrogens is 2. The van der Waals surface area contributed by atoms with E-state index in [4.69, 9.17) is 0 Å². The lowest BCUT2D eigenvalue weighted by Crippen LogP contribution is -2.12. The minimum Gasteiger partial charge on any atom is -0.321 e. The number of fused-ring (bicyclic) bond motifs is 2. The van der Waals surface area contributed by atoms with Crippen LogP contribution in [0.15, 0.2) is 54.0 Å². The molecule has 1 amide bonds. The molecule has 5 heteroatoms. The number of aryl methyl sites for hydroxylation is 1. The van der Waals surface area contributed by atoms with Crippen LogP contribution in [0.4, 0.5) is 5.69 Å². The molecular formula is C18H13N3OS. The Labute approximate surface area is 136 Å². The van der Waals surface area contributed by atoms with Gasteiger partial charge in [-0.2, -0.15) is 0 Å². The second kappa shape index (κ2) is 5.44. The van der Waals surface area contributed by atoms with Crippen molar-refractivity contribution in [1.82, 2.24) is 9.97 Å². The van der Waals surface area contributed by atoms with E-state index in [0.29, 0.717) is 5.56 Å². The predicted octanol–water partition coefficient (Wildman–Crippen LogP) is 4.41. The number of rotatable bonds is 2. The van der Waals surface area contributed by atoms with E-state index in [0.717, 1.165) is 32.5 Å². The summed E-state index contributed by atoms with van der Waals surface area (Å²) in [6.45, 7) is 1.95. The van der Waals surface area contributed by atoms with Gasteiger partial charge in [-0.1, -0.05) is 6.07 Å². The molecule has 23 heavy (non-hydrogen) atoms. The summed E-state index contributed by atoms with van der Waals surface area (Å²) in [5.74, 6) is -0.131. The molecule has 0 unspecified atom stereocenters. The van der Waals surface area contributed by atoms with Gasteiger partial charge >= 0.3 is 0 Å². The normalized spacial score (nSPS) is 11.0. The maximum atomic E-state index is 12.5. The molecule has 2 aromatic carbocycles. The second-order valence-corrected chi connectivity index (χ2v) is 6.20. The molecule has 0 aliphatic heterocycles. The van der Waals surface area contributed by atoms with E-state index in [-0.39, 0.29) is 5.91 Å². The van der Waals surface area contributed by atoms with Crippen LogP contribution in [0.2, 0.25) is 0 Å². The molecule has 4 rings (SSSR count). The van der Waals surface area contributed by atoms with Crippen molar-refractivity contribution in [3.63, 3.8) is 0 Å². The van der Waals surface area contributed by atoms with E-state index < -0.39 is 0 Å². The molecule has 4 nitrogen and oxygen atoms in total. The Balaban J connectivity index is 1.70. The first kappa shape index (κ1) is 13.8. The molecule has 0 saturated heterocycles. The van der Waals surface area contributed by atoms with Crippen LogP contribution in [0.25, 0.3) is 21.1 Å². The molecule has 2 aromatic heterocycles. The lowest BCUT2D eigenvalue weighted by atomic mass is 10.1. The summed E-state index contributed by atoms with van der Waals surface area (Å²) < 4.78 is 1.01. The third-order valence-electron chi connectivity index (χ3n) is 3.71. The zero-order valence-electron chi connectivity index (χ0n) is 12.4. The van der Waals surface area contributed by atoms with E-state index in [2.05, 4.69) is 15.3 Å². The Morgan fingerprint density at radius 3 is 2.91 bits per heavy atom. The first-order chi connectivity index (χ1) is 11.2. The number of hydrogen-bond donors (Lipinski definition) is 1. The van der Waals surface area contributed by atoms with Crippen LogP contribution in [-0.2, 0) is 0 Å². The molecule has 2 heterocycles. The molecule has 0 saturated carbocycles. The molecular weight excluding hydrogens is 306 g/mol. The first-order valence-electron chi connectivity index (χ1n) is 7.22. The molecule has 0 aliphatic rings. The van der Waals surface area contributed by atoms with Crippen molar-refractivity contribution in [2.45, 2.75) is 6.92 Å². The van der Waals surface area contributed by atoms with Gasteiger partial charge in [0.05, 0.1) is 26.9 Å².